The number of nitro benzene ring substituents is 1. The van der Waals surface area contributed by atoms with Crippen LogP contribution in [0.4, 0.5) is 11.4 Å². The Morgan fingerprint density at radius 3 is 2.70 bits per heavy atom. The predicted octanol–water partition coefficient (Wildman–Crippen LogP) is 3.14. The summed E-state index contributed by atoms with van der Waals surface area (Å²) in [6.07, 6.45) is -0.799. The molecule has 0 radical (unpaired) electrons. The Morgan fingerprint density at radius 1 is 1.26 bits per heavy atom. The van der Waals surface area contributed by atoms with E-state index in [-0.39, 0.29) is 12.3 Å². The van der Waals surface area contributed by atoms with Gasteiger partial charge in [0.1, 0.15) is 6.61 Å². The lowest BCUT2D eigenvalue weighted by Gasteiger charge is -2.25. The normalized spacial score (nSPS) is 15.8. The molecule has 0 saturated carbocycles. The first-order valence-corrected chi connectivity index (χ1v) is 7.47. The Balaban J connectivity index is 1.72. The van der Waals surface area contributed by atoms with Crippen LogP contribution in [0.3, 0.4) is 0 Å². The van der Waals surface area contributed by atoms with Crippen molar-refractivity contribution < 1.29 is 19.2 Å². The molecule has 0 aliphatic carbocycles. The summed E-state index contributed by atoms with van der Waals surface area (Å²) in [6, 6.07) is 11.2. The van der Waals surface area contributed by atoms with Crippen LogP contribution in [0, 0.1) is 10.1 Å². The zero-order chi connectivity index (χ0) is 16.4. The molecular formula is C15H11BrN2O5. The maximum absolute atomic E-state index is 12.3. The fourth-order valence-corrected chi connectivity index (χ4v) is 2.55. The highest BCUT2D eigenvalue weighted by molar-refractivity contribution is 9.10. The molecule has 23 heavy (non-hydrogen) atoms. The largest absolute Gasteiger partial charge is 0.485 e. The summed E-state index contributed by atoms with van der Waals surface area (Å²) < 4.78 is 11.5. The number of carbonyl (C=O) groups is 1. The van der Waals surface area contributed by atoms with E-state index in [0.29, 0.717) is 21.7 Å². The molecular weight excluding hydrogens is 368 g/mol. The number of hydrogen-bond donors (Lipinski definition) is 1. The van der Waals surface area contributed by atoms with Crippen molar-refractivity contribution in [1.82, 2.24) is 0 Å². The highest BCUT2D eigenvalue weighted by atomic mass is 79.9. The molecule has 0 fully saturated rings. The van der Waals surface area contributed by atoms with Gasteiger partial charge in [-0.15, -0.1) is 0 Å². The highest BCUT2D eigenvalue weighted by Crippen LogP contribution is 2.32. The number of nitrogens with zero attached hydrogens (tertiary/aromatic N) is 1. The van der Waals surface area contributed by atoms with Crippen LogP contribution in [-0.2, 0) is 4.79 Å². The predicted molar refractivity (Wildman–Crippen MR) is 85.8 cm³/mol. The molecule has 1 heterocycles. The number of para-hydroxylation sites is 2. The Hall–Kier alpha value is -2.61. The summed E-state index contributed by atoms with van der Waals surface area (Å²) in [7, 11) is 0. The van der Waals surface area contributed by atoms with Crippen LogP contribution in [0.5, 0.6) is 11.5 Å². The Bertz CT molecular complexity index is 780. The minimum Gasteiger partial charge on any atom is -0.485 e. The van der Waals surface area contributed by atoms with Crippen LogP contribution in [0.15, 0.2) is 46.9 Å². The number of fused-ring (bicyclic) bond motifs is 1. The van der Waals surface area contributed by atoms with Crippen LogP contribution in [0.25, 0.3) is 0 Å². The topological polar surface area (TPSA) is 90.7 Å². The average Bonchev–Trinajstić information content (AvgIpc) is 2.56. The summed E-state index contributed by atoms with van der Waals surface area (Å²) in [5, 5.41) is 13.4. The summed E-state index contributed by atoms with van der Waals surface area (Å²) >= 11 is 3.20. The third kappa shape index (κ3) is 3.26. The number of nitrogens with one attached hydrogen (secondary N) is 1. The zero-order valence-corrected chi connectivity index (χ0v) is 13.3. The van der Waals surface area contributed by atoms with Crippen LogP contribution in [-0.4, -0.2) is 23.5 Å². The number of benzene rings is 2. The van der Waals surface area contributed by atoms with Gasteiger partial charge in [0.15, 0.2) is 11.5 Å². The molecule has 0 spiro atoms. The second kappa shape index (κ2) is 6.25. The Morgan fingerprint density at radius 2 is 2.00 bits per heavy atom. The minimum atomic E-state index is -0.799. The van der Waals surface area contributed by atoms with Gasteiger partial charge in [0, 0.05) is 16.6 Å². The van der Waals surface area contributed by atoms with Crippen LogP contribution in [0.2, 0.25) is 0 Å². The molecule has 2 aromatic carbocycles. The number of anilines is 1. The van der Waals surface area contributed by atoms with Crippen molar-refractivity contribution in [2.24, 2.45) is 0 Å². The van der Waals surface area contributed by atoms with Gasteiger partial charge in [0.05, 0.1) is 10.6 Å². The number of carbonyl (C=O) groups excluding carboxylic acids is 1. The summed E-state index contributed by atoms with van der Waals surface area (Å²) in [5.74, 6) is 0.698. The SMILES string of the molecule is O=C(Nc1ccc([N+](=O)[O-])cc1Br)[C@@H]1COc2ccccc2O1. The number of nitro groups is 1. The lowest BCUT2D eigenvalue weighted by Crippen LogP contribution is -2.40. The van der Waals surface area contributed by atoms with Crippen molar-refractivity contribution in [2.75, 3.05) is 11.9 Å². The lowest BCUT2D eigenvalue weighted by atomic mass is 10.2. The minimum absolute atomic E-state index is 0.0685. The number of non-ortho nitro benzene ring substituents is 1. The molecule has 0 aromatic heterocycles. The maximum Gasteiger partial charge on any atom is 0.270 e. The number of amides is 1. The van der Waals surface area contributed by atoms with Crippen LogP contribution in [0.1, 0.15) is 0 Å². The molecule has 2 aromatic rings. The third-order valence-electron chi connectivity index (χ3n) is 3.22. The molecule has 8 heteroatoms. The van der Waals surface area contributed by atoms with Crippen molar-refractivity contribution in [3.05, 3.63) is 57.1 Å². The molecule has 0 unspecified atom stereocenters. The van der Waals surface area contributed by atoms with Gasteiger partial charge in [0.2, 0.25) is 6.10 Å². The van der Waals surface area contributed by atoms with Crippen molar-refractivity contribution in [3.8, 4) is 11.5 Å². The number of ether oxygens (including phenoxy) is 2. The van der Waals surface area contributed by atoms with E-state index < -0.39 is 16.9 Å². The van der Waals surface area contributed by atoms with Crippen LogP contribution >= 0.6 is 15.9 Å². The van der Waals surface area contributed by atoms with Crippen molar-refractivity contribution in [1.29, 1.82) is 0 Å². The molecule has 3 rings (SSSR count). The van der Waals surface area contributed by atoms with E-state index >= 15 is 0 Å². The molecule has 1 N–H and O–H groups in total. The van der Waals surface area contributed by atoms with E-state index in [2.05, 4.69) is 21.2 Å². The summed E-state index contributed by atoms with van der Waals surface area (Å²) in [4.78, 5) is 22.5. The fraction of sp³-hybridized carbons (Fsp3) is 0.133. The first-order chi connectivity index (χ1) is 11.0. The van der Waals surface area contributed by atoms with E-state index in [1.165, 1.54) is 18.2 Å². The average molecular weight is 379 g/mol. The quantitative estimate of drug-likeness (QED) is 0.654. The van der Waals surface area contributed by atoms with Gasteiger partial charge in [-0.2, -0.15) is 0 Å². The smallest absolute Gasteiger partial charge is 0.270 e. The molecule has 1 aliphatic heterocycles. The van der Waals surface area contributed by atoms with E-state index in [1.807, 2.05) is 6.07 Å². The molecule has 1 amide bonds. The molecule has 0 bridgehead atoms. The standard InChI is InChI=1S/C15H11BrN2O5/c16-10-7-9(18(20)21)5-6-11(10)17-15(19)14-8-22-12-3-1-2-4-13(12)23-14/h1-7,14H,8H2,(H,17,19)/t14-/m0/s1. The Kier molecular flexibility index (Phi) is 4.16. The van der Waals surface area contributed by atoms with Gasteiger partial charge in [0.25, 0.3) is 11.6 Å². The number of hydrogen-bond acceptors (Lipinski definition) is 5. The molecule has 118 valence electrons. The van der Waals surface area contributed by atoms with E-state index in [0.717, 1.165) is 0 Å². The second-order valence-corrected chi connectivity index (χ2v) is 5.63. The van der Waals surface area contributed by atoms with Gasteiger partial charge in [-0.25, -0.2) is 0 Å². The first-order valence-electron chi connectivity index (χ1n) is 6.68. The van der Waals surface area contributed by atoms with Gasteiger partial charge in [-0.3, -0.25) is 14.9 Å². The second-order valence-electron chi connectivity index (χ2n) is 4.77. The highest BCUT2D eigenvalue weighted by Gasteiger charge is 2.27. The van der Waals surface area contributed by atoms with Crippen molar-refractivity contribution >= 4 is 33.2 Å². The first kappa shape index (κ1) is 15.3. The molecule has 0 saturated heterocycles. The van der Waals surface area contributed by atoms with Gasteiger partial charge in [-0.05, 0) is 34.1 Å². The van der Waals surface area contributed by atoms with Gasteiger partial charge < -0.3 is 14.8 Å². The van der Waals surface area contributed by atoms with Crippen molar-refractivity contribution in [3.63, 3.8) is 0 Å². The van der Waals surface area contributed by atoms with Gasteiger partial charge in [-0.1, -0.05) is 12.1 Å². The van der Waals surface area contributed by atoms with Gasteiger partial charge >= 0.3 is 0 Å². The van der Waals surface area contributed by atoms with Crippen molar-refractivity contribution in [2.45, 2.75) is 6.10 Å². The molecule has 1 atom stereocenters. The van der Waals surface area contributed by atoms with E-state index in [9.17, 15) is 14.9 Å². The van der Waals surface area contributed by atoms with Crippen LogP contribution < -0.4 is 14.8 Å². The monoisotopic (exact) mass is 378 g/mol. The lowest BCUT2D eigenvalue weighted by molar-refractivity contribution is -0.384. The molecule has 7 nitrogen and oxygen atoms in total. The number of rotatable bonds is 3. The maximum atomic E-state index is 12.3. The zero-order valence-electron chi connectivity index (χ0n) is 11.7. The van der Waals surface area contributed by atoms with E-state index in [4.69, 9.17) is 9.47 Å². The summed E-state index contributed by atoms with van der Waals surface area (Å²) in [5.41, 5.74) is 0.351. The summed E-state index contributed by atoms with van der Waals surface area (Å²) in [6.45, 7) is 0.0907. The van der Waals surface area contributed by atoms with E-state index in [1.54, 1.807) is 18.2 Å². The third-order valence-corrected chi connectivity index (χ3v) is 3.88. The molecule has 1 aliphatic rings. The number of halogens is 1. The Labute approximate surface area is 139 Å². The fourth-order valence-electron chi connectivity index (χ4n) is 2.08.